The lowest BCUT2D eigenvalue weighted by Crippen LogP contribution is -2.48. The zero-order chi connectivity index (χ0) is 22.1. The lowest BCUT2D eigenvalue weighted by Gasteiger charge is -2.35. The van der Waals surface area contributed by atoms with Gasteiger partial charge in [-0.25, -0.2) is 0 Å². The van der Waals surface area contributed by atoms with E-state index in [0.717, 1.165) is 32.7 Å². The van der Waals surface area contributed by atoms with Crippen molar-refractivity contribution in [3.63, 3.8) is 0 Å². The van der Waals surface area contributed by atoms with Crippen molar-refractivity contribution < 1.29 is 19.8 Å². The summed E-state index contributed by atoms with van der Waals surface area (Å²) in [4.78, 5) is 28.4. The van der Waals surface area contributed by atoms with Crippen LogP contribution >= 0.6 is 0 Å². The number of amides is 1. The number of nitrogens with zero attached hydrogens (tertiary/aromatic N) is 2. The third-order valence-corrected chi connectivity index (χ3v) is 5.33. The van der Waals surface area contributed by atoms with Crippen LogP contribution in [0.15, 0.2) is 60.7 Å². The topological polar surface area (TPSA) is 93.1 Å². The molecule has 0 aliphatic carbocycles. The summed E-state index contributed by atoms with van der Waals surface area (Å²) < 4.78 is 0. The average Bonchev–Trinajstić information content (AvgIpc) is 2.75. The van der Waals surface area contributed by atoms with Crippen molar-refractivity contribution in [3.05, 3.63) is 66.2 Å². The van der Waals surface area contributed by atoms with Gasteiger partial charge in [0.25, 0.3) is 0 Å². The summed E-state index contributed by atoms with van der Waals surface area (Å²) in [5, 5.41) is 21.7. The maximum atomic E-state index is 12.3. The predicted octanol–water partition coefficient (Wildman–Crippen LogP) is 2.75. The summed E-state index contributed by atoms with van der Waals surface area (Å²) in [7, 11) is 0. The summed E-state index contributed by atoms with van der Waals surface area (Å²) in [5.41, 5.74) is 1.63. The lowest BCUT2D eigenvalue weighted by atomic mass is 10.0. The molecule has 0 radical (unpaired) electrons. The SMILES string of the molecule is O=C(C[C@@H](CN1CCN(C/C=C/c2ccccc2)CC1)C(=O)O)Nc1cccc(O)c1. The van der Waals surface area contributed by atoms with Gasteiger partial charge in [0.15, 0.2) is 0 Å². The fourth-order valence-corrected chi connectivity index (χ4v) is 3.62. The summed E-state index contributed by atoms with van der Waals surface area (Å²) in [6.07, 6.45) is 4.15. The summed E-state index contributed by atoms with van der Waals surface area (Å²) in [6.45, 7) is 4.48. The third kappa shape index (κ3) is 7.55. The molecule has 0 saturated carbocycles. The summed E-state index contributed by atoms with van der Waals surface area (Å²) in [6, 6.07) is 16.4. The molecule has 1 saturated heterocycles. The first-order chi connectivity index (χ1) is 15.0. The smallest absolute Gasteiger partial charge is 0.308 e. The molecule has 1 heterocycles. The first-order valence-electron chi connectivity index (χ1n) is 10.5. The molecule has 3 N–H and O–H groups in total. The monoisotopic (exact) mass is 423 g/mol. The maximum Gasteiger partial charge on any atom is 0.308 e. The van der Waals surface area contributed by atoms with Crippen LogP contribution in [0.25, 0.3) is 6.08 Å². The highest BCUT2D eigenvalue weighted by Gasteiger charge is 2.26. The normalized spacial score (nSPS) is 16.3. The van der Waals surface area contributed by atoms with Crippen LogP contribution in [0.5, 0.6) is 5.75 Å². The van der Waals surface area contributed by atoms with Gasteiger partial charge >= 0.3 is 5.97 Å². The number of carboxylic acid groups (broad SMARTS) is 1. The third-order valence-electron chi connectivity index (χ3n) is 5.33. The number of nitrogens with one attached hydrogen (secondary N) is 1. The second-order valence-electron chi connectivity index (χ2n) is 7.75. The Morgan fingerprint density at radius 3 is 2.39 bits per heavy atom. The van der Waals surface area contributed by atoms with Crippen LogP contribution in [-0.4, -0.2) is 71.2 Å². The van der Waals surface area contributed by atoms with Gasteiger partial charge in [-0.15, -0.1) is 0 Å². The zero-order valence-corrected chi connectivity index (χ0v) is 17.5. The van der Waals surface area contributed by atoms with E-state index in [1.165, 1.54) is 17.7 Å². The molecule has 1 amide bonds. The number of benzene rings is 2. The van der Waals surface area contributed by atoms with Gasteiger partial charge in [0.2, 0.25) is 5.91 Å². The minimum atomic E-state index is -0.973. The van der Waals surface area contributed by atoms with Gasteiger partial charge in [-0.3, -0.25) is 19.4 Å². The second-order valence-corrected chi connectivity index (χ2v) is 7.75. The van der Waals surface area contributed by atoms with Crippen molar-refractivity contribution in [1.82, 2.24) is 9.80 Å². The summed E-state index contributed by atoms with van der Waals surface area (Å²) >= 11 is 0. The van der Waals surface area contributed by atoms with Gasteiger partial charge in [-0.2, -0.15) is 0 Å². The second kappa shape index (κ2) is 11.3. The molecule has 7 nitrogen and oxygen atoms in total. The molecule has 1 aliphatic rings. The Kier molecular flexibility index (Phi) is 8.20. The van der Waals surface area contributed by atoms with Gasteiger partial charge in [0.1, 0.15) is 5.75 Å². The number of carboxylic acids is 1. The van der Waals surface area contributed by atoms with Crippen LogP contribution in [0, 0.1) is 5.92 Å². The molecule has 164 valence electrons. The van der Waals surface area contributed by atoms with E-state index in [0.29, 0.717) is 12.2 Å². The number of carbonyl (C=O) groups excluding carboxylic acids is 1. The number of hydrogen-bond donors (Lipinski definition) is 3. The number of rotatable bonds is 9. The van der Waals surface area contributed by atoms with Crippen molar-refractivity contribution in [2.24, 2.45) is 5.92 Å². The zero-order valence-electron chi connectivity index (χ0n) is 17.5. The Hall–Kier alpha value is -3.16. The van der Waals surface area contributed by atoms with Crippen LogP contribution in [0.3, 0.4) is 0 Å². The standard InChI is InChI=1S/C24H29N3O4/c28-22-10-4-9-21(17-22)25-23(29)16-20(24(30)31)18-27-14-12-26(13-15-27)11-5-8-19-6-2-1-3-7-19/h1-10,17,20,28H,11-16,18H2,(H,25,29)(H,30,31)/b8-5+/t20-/m0/s1. The number of carbonyl (C=O) groups is 2. The summed E-state index contributed by atoms with van der Waals surface area (Å²) in [5.74, 6) is -2.08. The number of hydrogen-bond acceptors (Lipinski definition) is 5. The molecule has 2 aromatic rings. The van der Waals surface area contributed by atoms with Crippen LogP contribution in [0.2, 0.25) is 0 Å². The fraction of sp³-hybridized carbons (Fsp3) is 0.333. The van der Waals surface area contributed by atoms with E-state index >= 15 is 0 Å². The Bertz CT molecular complexity index is 893. The molecule has 1 aliphatic heterocycles. The van der Waals surface area contributed by atoms with Crippen molar-refractivity contribution in [3.8, 4) is 5.75 Å². The molecule has 3 rings (SSSR count). The first-order valence-corrected chi connectivity index (χ1v) is 10.5. The van der Waals surface area contributed by atoms with Crippen molar-refractivity contribution in [1.29, 1.82) is 0 Å². The van der Waals surface area contributed by atoms with Crippen LogP contribution in [-0.2, 0) is 9.59 Å². The van der Waals surface area contributed by atoms with E-state index in [4.69, 9.17) is 0 Å². The van der Waals surface area contributed by atoms with E-state index in [1.807, 2.05) is 18.2 Å². The Morgan fingerprint density at radius 1 is 1.00 bits per heavy atom. The quantitative estimate of drug-likeness (QED) is 0.574. The molecule has 31 heavy (non-hydrogen) atoms. The van der Waals surface area contributed by atoms with Gasteiger partial charge in [0, 0.05) is 57.4 Å². The van der Waals surface area contributed by atoms with Crippen molar-refractivity contribution in [2.75, 3.05) is 44.6 Å². The molecule has 0 unspecified atom stereocenters. The molecule has 7 heteroatoms. The number of anilines is 1. The molecule has 0 aromatic heterocycles. The van der Waals surface area contributed by atoms with E-state index in [2.05, 4.69) is 39.4 Å². The Morgan fingerprint density at radius 2 is 1.71 bits per heavy atom. The molecule has 1 atom stereocenters. The maximum absolute atomic E-state index is 12.3. The van der Waals surface area contributed by atoms with E-state index in [1.54, 1.807) is 12.1 Å². The molecular formula is C24H29N3O4. The highest BCUT2D eigenvalue weighted by molar-refractivity contribution is 5.93. The first kappa shape index (κ1) is 22.5. The fourth-order valence-electron chi connectivity index (χ4n) is 3.62. The molecule has 0 spiro atoms. The van der Waals surface area contributed by atoms with Gasteiger partial charge < -0.3 is 15.5 Å². The minimum Gasteiger partial charge on any atom is -0.508 e. The number of piperazine rings is 1. The molecule has 2 aromatic carbocycles. The highest BCUT2D eigenvalue weighted by atomic mass is 16.4. The number of phenols is 1. The van der Waals surface area contributed by atoms with Gasteiger partial charge in [-0.1, -0.05) is 48.6 Å². The molecule has 0 bridgehead atoms. The number of phenolic OH excluding ortho intramolecular Hbond substituents is 1. The van der Waals surface area contributed by atoms with E-state index in [9.17, 15) is 19.8 Å². The van der Waals surface area contributed by atoms with Crippen LogP contribution in [0.4, 0.5) is 5.69 Å². The van der Waals surface area contributed by atoms with Crippen molar-refractivity contribution in [2.45, 2.75) is 6.42 Å². The molecular weight excluding hydrogens is 394 g/mol. The van der Waals surface area contributed by atoms with Crippen LogP contribution in [0.1, 0.15) is 12.0 Å². The van der Waals surface area contributed by atoms with E-state index in [-0.39, 0.29) is 18.1 Å². The Balaban J connectivity index is 1.43. The molecule has 1 fully saturated rings. The predicted molar refractivity (Wildman–Crippen MR) is 121 cm³/mol. The van der Waals surface area contributed by atoms with E-state index < -0.39 is 11.9 Å². The minimum absolute atomic E-state index is 0.0454. The van der Waals surface area contributed by atoms with Crippen LogP contribution < -0.4 is 5.32 Å². The lowest BCUT2D eigenvalue weighted by molar-refractivity contribution is -0.144. The largest absolute Gasteiger partial charge is 0.508 e. The van der Waals surface area contributed by atoms with Gasteiger partial charge in [-0.05, 0) is 17.7 Å². The number of aliphatic carboxylic acids is 1. The Labute approximate surface area is 182 Å². The van der Waals surface area contributed by atoms with Crippen molar-refractivity contribution >= 4 is 23.6 Å². The number of aromatic hydroxyl groups is 1. The highest BCUT2D eigenvalue weighted by Crippen LogP contribution is 2.17. The average molecular weight is 424 g/mol. The van der Waals surface area contributed by atoms with Gasteiger partial charge in [0.05, 0.1) is 5.92 Å².